The zero-order valence-corrected chi connectivity index (χ0v) is 14.6. The lowest BCUT2D eigenvalue weighted by atomic mass is 10.1. The number of aliphatic imine (C=N–C) groups is 2. The molecule has 0 N–H and O–H groups in total. The summed E-state index contributed by atoms with van der Waals surface area (Å²) < 4.78 is 5.67. The highest BCUT2D eigenvalue weighted by Gasteiger charge is 2.06. The zero-order valence-electron chi connectivity index (χ0n) is 13.9. The van der Waals surface area contributed by atoms with Crippen LogP contribution < -0.4 is 4.74 Å². The Kier molecular flexibility index (Phi) is 5.56. The van der Waals surface area contributed by atoms with Gasteiger partial charge in [0.1, 0.15) is 5.75 Å². The summed E-state index contributed by atoms with van der Waals surface area (Å²) in [6.45, 7) is 8.09. The molecule has 2 aromatic rings. The summed E-state index contributed by atoms with van der Waals surface area (Å²) in [6, 6.07) is 13.3. The van der Waals surface area contributed by atoms with Crippen LogP contribution in [0.3, 0.4) is 0 Å². The molecule has 3 nitrogen and oxygen atoms in total. The Morgan fingerprint density at radius 1 is 1.04 bits per heavy atom. The van der Waals surface area contributed by atoms with Crippen molar-refractivity contribution in [1.29, 1.82) is 0 Å². The molecule has 0 aliphatic rings. The first-order valence-electron chi connectivity index (χ1n) is 7.44. The predicted octanol–water partition coefficient (Wildman–Crippen LogP) is 5.60. The first kappa shape index (κ1) is 17.2. The van der Waals surface area contributed by atoms with Crippen LogP contribution in [0.5, 0.6) is 5.75 Å². The fourth-order valence-corrected chi connectivity index (χ4v) is 1.91. The maximum absolute atomic E-state index is 5.88. The second-order valence-corrected chi connectivity index (χ2v) is 6.74. The average molecular weight is 329 g/mol. The molecular weight excluding hydrogens is 308 g/mol. The second kappa shape index (κ2) is 7.42. The molecular formula is C19H21ClN2O. The average Bonchev–Trinajstić information content (AvgIpc) is 2.47. The summed E-state index contributed by atoms with van der Waals surface area (Å²) in [7, 11) is 0. The Bertz CT molecular complexity index is 713. The summed E-state index contributed by atoms with van der Waals surface area (Å²) >= 11 is 5.88. The van der Waals surface area contributed by atoms with E-state index in [0.717, 1.165) is 22.6 Å². The molecule has 0 bridgehead atoms. The lowest BCUT2D eigenvalue weighted by Crippen LogP contribution is -2.11. The molecule has 0 unspecified atom stereocenters. The van der Waals surface area contributed by atoms with Gasteiger partial charge in [0, 0.05) is 16.8 Å². The fourth-order valence-electron chi connectivity index (χ4n) is 1.79. The fraction of sp³-hybridized carbons (Fsp3) is 0.263. The normalized spacial score (nSPS) is 12.2. The van der Waals surface area contributed by atoms with E-state index in [9.17, 15) is 0 Å². The van der Waals surface area contributed by atoms with Crippen molar-refractivity contribution < 1.29 is 4.74 Å². The Hall–Kier alpha value is -2.13. The highest BCUT2D eigenvalue weighted by Crippen LogP contribution is 2.21. The number of nitrogens with zero attached hydrogens (tertiary/aromatic N) is 2. The second-order valence-electron chi connectivity index (χ2n) is 6.30. The Morgan fingerprint density at radius 3 is 2.39 bits per heavy atom. The van der Waals surface area contributed by atoms with Crippen molar-refractivity contribution in [1.82, 2.24) is 0 Å². The predicted molar refractivity (Wildman–Crippen MR) is 98.8 cm³/mol. The minimum absolute atomic E-state index is 0.164. The van der Waals surface area contributed by atoms with Gasteiger partial charge >= 0.3 is 0 Å². The van der Waals surface area contributed by atoms with E-state index in [2.05, 4.69) is 9.98 Å². The standard InChI is InChI=1S/C19H21ClN2O/c1-14-5-10-18(23-13-22-19(2,3)4)15(11-14)12-21-17-8-6-16(20)7-9-17/h5-13H,1-4H3. The first-order chi connectivity index (χ1) is 10.8. The van der Waals surface area contributed by atoms with Crippen LogP contribution >= 0.6 is 11.6 Å². The highest BCUT2D eigenvalue weighted by atomic mass is 35.5. The van der Waals surface area contributed by atoms with Gasteiger partial charge in [0.2, 0.25) is 0 Å². The van der Waals surface area contributed by atoms with Gasteiger partial charge in [-0.05, 0) is 64.1 Å². The van der Waals surface area contributed by atoms with Crippen molar-refractivity contribution in [3.8, 4) is 5.75 Å². The third-order valence-electron chi connectivity index (χ3n) is 2.96. The van der Waals surface area contributed by atoms with E-state index >= 15 is 0 Å². The van der Waals surface area contributed by atoms with E-state index in [1.807, 2.05) is 70.2 Å². The minimum atomic E-state index is -0.164. The number of aryl methyl sites for hydroxylation is 1. The van der Waals surface area contributed by atoms with Crippen molar-refractivity contribution >= 4 is 29.9 Å². The Morgan fingerprint density at radius 2 is 1.74 bits per heavy atom. The highest BCUT2D eigenvalue weighted by molar-refractivity contribution is 6.30. The van der Waals surface area contributed by atoms with Crippen molar-refractivity contribution in [2.45, 2.75) is 33.2 Å². The molecule has 0 saturated heterocycles. The van der Waals surface area contributed by atoms with Crippen LogP contribution in [-0.4, -0.2) is 18.2 Å². The van der Waals surface area contributed by atoms with E-state index in [4.69, 9.17) is 16.3 Å². The third kappa shape index (κ3) is 5.87. The summed E-state index contributed by atoms with van der Waals surface area (Å²) in [6.07, 6.45) is 3.28. The van der Waals surface area contributed by atoms with E-state index < -0.39 is 0 Å². The molecule has 0 radical (unpaired) electrons. The van der Waals surface area contributed by atoms with E-state index in [1.165, 1.54) is 6.40 Å². The van der Waals surface area contributed by atoms with Crippen molar-refractivity contribution in [2.24, 2.45) is 9.98 Å². The van der Waals surface area contributed by atoms with Crippen LogP contribution in [0.15, 0.2) is 52.4 Å². The Balaban J connectivity index is 2.21. The molecule has 0 atom stereocenters. The molecule has 0 amide bonds. The molecule has 0 fully saturated rings. The van der Waals surface area contributed by atoms with Crippen LogP contribution in [0, 0.1) is 6.92 Å². The van der Waals surface area contributed by atoms with E-state index in [1.54, 1.807) is 6.21 Å². The van der Waals surface area contributed by atoms with Crippen molar-refractivity contribution in [2.75, 3.05) is 0 Å². The molecule has 0 spiro atoms. The number of hydrogen-bond donors (Lipinski definition) is 0. The zero-order chi connectivity index (χ0) is 16.9. The molecule has 2 aromatic carbocycles. The number of rotatable bonds is 4. The van der Waals surface area contributed by atoms with E-state index in [-0.39, 0.29) is 5.54 Å². The van der Waals surface area contributed by atoms with Gasteiger partial charge < -0.3 is 4.74 Å². The van der Waals surface area contributed by atoms with Crippen LogP contribution in [0.1, 0.15) is 31.9 Å². The van der Waals surface area contributed by atoms with Crippen LogP contribution in [0.4, 0.5) is 5.69 Å². The SMILES string of the molecule is Cc1ccc(OC=NC(C)(C)C)c(C=Nc2ccc(Cl)cc2)c1. The van der Waals surface area contributed by atoms with Gasteiger partial charge in [-0.3, -0.25) is 9.98 Å². The van der Waals surface area contributed by atoms with Crippen LogP contribution in [-0.2, 0) is 0 Å². The van der Waals surface area contributed by atoms with Gasteiger partial charge in [0.05, 0.1) is 11.2 Å². The van der Waals surface area contributed by atoms with Crippen molar-refractivity contribution in [3.05, 3.63) is 58.6 Å². The topological polar surface area (TPSA) is 34.0 Å². The smallest absolute Gasteiger partial charge is 0.177 e. The maximum Gasteiger partial charge on any atom is 0.177 e. The first-order valence-corrected chi connectivity index (χ1v) is 7.82. The molecule has 4 heteroatoms. The number of hydrogen-bond acceptors (Lipinski definition) is 3. The summed E-state index contributed by atoms with van der Waals surface area (Å²) in [5.41, 5.74) is 2.72. The van der Waals surface area contributed by atoms with Crippen LogP contribution in [0.25, 0.3) is 0 Å². The minimum Gasteiger partial charge on any atom is -0.445 e. The van der Waals surface area contributed by atoms with Gasteiger partial charge in [-0.25, -0.2) is 0 Å². The lowest BCUT2D eigenvalue weighted by Gasteiger charge is -2.11. The molecule has 2 rings (SSSR count). The summed E-state index contributed by atoms with van der Waals surface area (Å²) in [4.78, 5) is 8.80. The quantitative estimate of drug-likeness (QED) is 0.531. The number of ether oxygens (including phenoxy) is 1. The van der Waals surface area contributed by atoms with Gasteiger partial charge in [0.15, 0.2) is 6.40 Å². The lowest BCUT2D eigenvalue weighted by molar-refractivity contribution is 0.528. The molecule has 0 aliphatic heterocycles. The Labute approximate surface area is 142 Å². The van der Waals surface area contributed by atoms with E-state index in [0.29, 0.717) is 5.02 Å². The summed E-state index contributed by atoms with van der Waals surface area (Å²) in [5, 5.41) is 0.696. The molecule has 23 heavy (non-hydrogen) atoms. The summed E-state index contributed by atoms with van der Waals surface area (Å²) in [5.74, 6) is 0.723. The molecule has 0 heterocycles. The number of benzene rings is 2. The van der Waals surface area contributed by atoms with Crippen molar-refractivity contribution in [3.63, 3.8) is 0 Å². The molecule has 120 valence electrons. The molecule has 0 aliphatic carbocycles. The number of halogens is 1. The monoisotopic (exact) mass is 328 g/mol. The molecule has 0 saturated carbocycles. The maximum atomic E-state index is 5.88. The van der Waals surface area contributed by atoms with Gasteiger partial charge in [-0.2, -0.15) is 0 Å². The van der Waals surface area contributed by atoms with Gasteiger partial charge in [-0.15, -0.1) is 0 Å². The largest absolute Gasteiger partial charge is 0.445 e. The third-order valence-corrected chi connectivity index (χ3v) is 3.22. The van der Waals surface area contributed by atoms with Crippen LogP contribution in [0.2, 0.25) is 5.02 Å². The van der Waals surface area contributed by atoms with Gasteiger partial charge in [0.25, 0.3) is 0 Å². The van der Waals surface area contributed by atoms with Gasteiger partial charge in [-0.1, -0.05) is 23.2 Å². The molecule has 0 aromatic heterocycles.